The van der Waals surface area contributed by atoms with Crippen molar-refractivity contribution in [2.75, 3.05) is 19.6 Å². The van der Waals surface area contributed by atoms with Gasteiger partial charge in [0.25, 0.3) is 0 Å². The van der Waals surface area contributed by atoms with Crippen molar-refractivity contribution in [3.8, 4) is 0 Å². The molecule has 0 radical (unpaired) electrons. The van der Waals surface area contributed by atoms with E-state index in [9.17, 15) is 9.59 Å². The van der Waals surface area contributed by atoms with Crippen LogP contribution in [0.2, 0.25) is 0 Å². The van der Waals surface area contributed by atoms with Crippen molar-refractivity contribution in [1.29, 1.82) is 0 Å². The first-order chi connectivity index (χ1) is 9.15. The lowest BCUT2D eigenvalue weighted by molar-refractivity contribution is -0.131. The van der Waals surface area contributed by atoms with Crippen molar-refractivity contribution in [2.24, 2.45) is 5.73 Å². The highest BCUT2D eigenvalue weighted by molar-refractivity contribution is 5.86. The van der Waals surface area contributed by atoms with Crippen LogP contribution in [0.25, 0.3) is 0 Å². The maximum Gasteiger partial charge on any atom is 0.242 e. The Labute approximate surface area is 124 Å². The van der Waals surface area contributed by atoms with E-state index in [4.69, 9.17) is 5.73 Å². The number of nitrogens with two attached hydrogens (primary N) is 1. The summed E-state index contributed by atoms with van der Waals surface area (Å²) in [5.41, 5.74) is 6.68. The lowest BCUT2D eigenvalue weighted by Gasteiger charge is -2.16. The zero-order valence-electron chi connectivity index (χ0n) is 11.2. The number of nitrogens with zero attached hydrogens (tertiary/aromatic N) is 1. The standard InChI is InChI=1S/C14H19N3O2.ClH/c15-12-6-7-17(10-12)14(19)9-16-13(18)8-11-4-2-1-3-5-11;/h1-5,12H,6-10,15H2,(H,16,18);1H/t12-;/m1./s1. The van der Waals surface area contributed by atoms with Crippen LogP contribution >= 0.6 is 12.4 Å². The van der Waals surface area contributed by atoms with Crippen LogP contribution in [0.1, 0.15) is 12.0 Å². The van der Waals surface area contributed by atoms with E-state index in [0.29, 0.717) is 19.5 Å². The van der Waals surface area contributed by atoms with Crippen LogP contribution in [-0.2, 0) is 16.0 Å². The first kappa shape index (κ1) is 16.5. The molecule has 2 rings (SSSR count). The van der Waals surface area contributed by atoms with Crippen LogP contribution in [0.5, 0.6) is 0 Å². The molecule has 1 aromatic rings. The average molecular weight is 298 g/mol. The molecule has 0 aliphatic carbocycles. The highest BCUT2D eigenvalue weighted by Gasteiger charge is 2.23. The van der Waals surface area contributed by atoms with Gasteiger partial charge in [0.15, 0.2) is 0 Å². The fourth-order valence-electron chi connectivity index (χ4n) is 2.14. The van der Waals surface area contributed by atoms with E-state index < -0.39 is 0 Å². The monoisotopic (exact) mass is 297 g/mol. The van der Waals surface area contributed by atoms with Gasteiger partial charge in [-0.3, -0.25) is 9.59 Å². The molecule has 2 amide bonds. The number of carbonyl (C=O) groups excluding carboxylic acids is 2. The van der Waals surface area contributed by atoms with E-state index in [1.54, 1.807) is 4.90 Å². The minimum Gasteiger partial charge on any atom is -0.347 e. The van der Waals surface area contributed by atoms with Crippen LogP contribution in [0.3, 0.4) is 0 Å². The van der Waals surface area contributed by atoms with Crippen LogP contribution in [0.15, 0.2) is 30.3 Å². The number of carbonyl (C=O) groups is 2. The third-order valence-electron chi connectivity index (χ3n) is 3.22. The summed E-state index contributed by atoms with van der Waals surface area (Å²) in [6, 6.07) is 9.53. The Kier molecular flexibility index (Phi) is 6.48. The SMILES string of the molecule is Cl.N[C@@H]1CCN(C(=O)CNC(=O)Cc2ccccc2)C1. The molecule has 1 atom stereocenters. The quantitative estimate of drug-likeness (QED) is 0.841. The van der Waals surface area contributed by atoms with Gasteiger partial charge in [-0.05, 0) is 12.0 Å². The normalized spacial score (nSPS) is 17.4. The second-order valence-electron chi connectivity index (χ2n) is 4.83. The van der Waals surface area contributed by atoms with Crippen molar-refractivity contribution in [2.45, 2.75) is 18.9 Å². The Balaban J connectivity index is 0.00000200. The zero-order chi connectivity index (χ0) is 13.7. The lowest BCUT2D eigenvalue weighted by atomic mass is 10.1. The second-order valence-corrected chi connectivity index (χ2v) is 4.83. The first-order valence-corrected chi connectivity index (χ1v) is 6.49. The molecule has 5 nitrogen and oxygen atoms in total. The average Bonchev–Trinajstić information content (AvgIpc) is 2.84. The number of halogens is 1. The molecule has 20 heavy (non-hydrogen) atoms. The lowest BCUT2D eigenvalue weighted by Crippen LogP contribution is -2.40. The molecule has 3 N–H and O–H groups in total. The van der Waals surface area contributed by atoms with Crippen molar-refractivity contribution in [3.63, 3.8) is 0 Å². The van der Waals surface area contributed by atoms with E-state index >= 15 is 0 Å². The minimum atomic E-state index is -0.136. The molecule has 1 fully saturated rings. The predicted molar refractivity (Wildman–Crippen MR) is 79.6 cm³/mol. The molecule has 1 aliphatic heterocycles. The molecule has 1 heterocycles. The van der Waals surface area contributed by atoms with E-state index in [2.05, 4.69) is 5.32 Å². The van der Waals surface area contributed by atoms with Gasteiger partial charge in [0, 0.05) is 19.1 Å². The van der Waals surface area contributed by atoms with Crippen LogP contribution < -0.4 is 11.1 Å². The molecule has 1 aliphatic rings. The summed E-state index contributed by atoms with van der Waals surface area (Å²) in [6.45, 7) is 1.33. The Bertz CT molecular complexity index is 453. The van der Waals surface area contributed by atoms with Crippen molar-refractivity contribution < 1.29 is 9.59 Å². The van der Waals surface area contributed by atoms with Gasteiger partial charge in [0.2, 0.25) is 11.8 Å². The third-order valence-corrected chi connectivity index (χ3v) is 3.22. The number of benzene rings is 1. The summed E-state index contributed by atoms with van der Waals surface area (Å²) in [6.07, 6.45) is 1.14. The van der Waals surface area contributed by atoms with Crippen LogP contribution in [0, 0.1) is 0 Å². The van der Waals surface area contributed by atoms with Gasteiger partial charge in [-0.25, -0.2) is 0 Å². The molecule has 6 heteroatoms. The van der Waals surface area contributed by atoms with Crippen molar-refractivity contribution in [3.05, 3.63) is 35.9 Å². The molecule has 1 aromatic carbocycles. The zero-order valence-corrected chi connectivity index (χ0v) is 12.1. The van der Waals surface area contributed by atoms with Crippen LogP contribution in [-0.4, -0.2) is 42.4 Å². The Morgan fingerprint density at radius 3 is 2.60 bits per heavy atom. The summed E-state index contributed by atoms with van der Waals surface area (Å²) in [7, 11) is 0. The first-order valence-electron chi connectivity index (χ1n) is 6.49. The highest BCUT2D eigenvalue weighted by Crippen LogP contribution is 2.06. The molecule has 110 valence electrons. The van der Waals surface area contributed by atoms with E-state index in [-0.39, 0.29) is 36.8 Å². The molecule has 0 bridgehead atoms. The van der Waals surface area contributed by atoms with Gasteiger partial charge in [0.05, 0.1) is 13.0 Å². The molecule has 1 saturated heterocycles. The van der Waals surface area contributed by atoms with Gasteiger partial charge >= 0.3 is 0 Å². The third kappa shape index (κ3) is 4.83. The van der Waals surface area contributed by atoms with Gasteiger partial charge in [0.1, 0.15) is 0 Å². The summed E-state index contributed by atoms with van der Waals surface area (Å²) >= 11 is 0. The number of likely N-dealkylation sites (tertiary alicyclic amines) is 1. The molecule has 0 spiro atoms. The Hall–Kier alpha value is -1.59. The molecular weight excluding hydrogens is 278 g/mol. The summed E-state index contributed by atoms with van der Waals surface area (Å²) in [5, 5.41) is 2.65. The van der Waals surface area contributed by atoms with Crippen LogP contribution in [0.4, 0.5) is 0 Å². The maximum atomic E-state index is 11.8. The van der Waals surface area contributed by atoms with E-state index in [0.717, 1.165) is 12.0 Å². The summed E-state index contributed by atoms with van der Waals surface area (Å²) in [4.78, 5) is 25.2. The maximum absolute atomic E-state index is 11.8. The fraction of sp³-hybridized carbons (Fsp3) is 0.429. The van der Waals surface area contributed by atoms with Crippen molar-refractivity contribution in [1.82, 2.24) is 10.2 Å². The van der Waals surface area contributed by atoms with Gasteiger partial charge in [-0.2, -0.15) is 0 Å². The molecule has 0 aromatic heterocycles. The Morgan fingerprint density at radius 1 is 1.30 bits per heavy atom. The molecule has 0 saturated carbocycles. The number of hydrogen-bond donors (Lipinski definition) is 2. The number of nitrogens with one attached hydrogen (secondary N) is 1. The molecule has 0 unspecified atom stereocenters. The number of rotatable bonds is 4. The van der Waals surface area contributed by atoms with Gasteiger partial charge < -0.3 is 16.0 Å². The second kappa shape index (κ2) is 7.87. The van der Waals surface area contributed by atoms with E-state index in [1.165, 1.54) is 0 Å². The van der Waals surface area contributed by atoms with Gasteiger partial charge in [-0.1, -0.05) is 30.3 Å². The number of amides is 2. The topological polar surface area (TPSA) is 75.4 Å². The largest absolute Gasteiger partial charge is 0.347 e. The fourth-order valence-corrected chi connectivity index (χ4v) is 2.14. The number of hydrogen-bond acceptors (Lipinski definition) is 3. The molecular formula is C14H20ClN3O2. The smallest absolute Gasteiger partial charge is 0.242 e. The summed E-state index contributed by atoms with van der Waals surface area (Å²) < 4.78 is 0. The highest BCUT2D eigenvalue weighted by atomic mass is 35.5. The predicted octanol–water partition coefficient (Wildman–Crippen LogP) is 0.327. The van der Waals surface area contributed by atoms with Gasteiger partial charge in [-0.15, -0.1) is 12.4 Å². The summed E-state index contributed by atoms with van der Waals surface area (Å²) in [5.74, 6) is -0.197. The minimum absolute atomic E-state index is 0. The van der Waals surface area contributed by atoms with Crippen molar-refractivity contribution >= 4 is 24.2 Å². The van der Waals surface area contributed by atoms with E-state index in [1.807, 2.05) is 30.3 Å². The Morgan fingerprint density at radius 2 is 2.00 bits per heavy atom.